The van der Waals surface area contributed by atoms with E-state index in [2.05, 4.69) is 0 Å². The number of nitrogens with zero attached hydrogens (tertiary/aromatic N) is 1. The summed E-state index contributed by atoms with van der Waals surface area (Å²) in [5.74, 6) is -2.41. The Kier molecular flexibility index (Phi) is 5.12. The van der Waals surface area contributed by atoms with Crippen molar-refractivity contribution in [1.82, 2.24) is 0 Å². The van der Waals surface area contributed by atoms with Gasteiger partial charge >= 0.3 is 18.0 Å². The molecule has 0 radical (unpaired) electrons. The first-order valence-electron chi connectivity index (χ1n) is 8.46. The van der Waals surface area contributed by atoms with E-state index in [1.54, 1.807) is 12.1 Å². The molecule has 0 spiro atoms. The number of hydrogen-bond donors (Lipinski definition) is 2. The summed E-state index contributed by atoms with van der Waals surface area (Å²) in [5, 5.41) is 18.6. The number of carboxylic acids is 2. The second-order valence-electron chi connectivity index (χ2n) is 6.26. The zero-order valence-corrected chi connectivity index (χ0v) is 14.7. The standard InChI is InChI=1S/C20H19NO6/c1-27-20(26)21(17(19(24)25)9-10-18(22)23)16-8-4-7-14-13-6-3-2-5-12(13)11-15(14)16/h2-8,17H,9-11H2,1H3,(H,22,23)(H,24,25). The number of carbonyl (C=O) groups excluding carboxylic acids is 1. The predicted octanol–water partition coefficient (Wildman–Crippen LogP) is 3.15. The lowest BCUT2D eigenvalue weighted by Gasteiger charge is -2.29. The van der Waals surface area contributed by atoms with E-state index < -0.39 is 24.1 Å². The summed E-state index contributed by atoms with van der Waals surface area (Å²) < 4.78 is 4.82. The topological polar surface area (TPSA) is 104 Å². The van der Waals surface area contributed by atoms with Gasteiger partial charge in [-0.15, -0.1) is 0 Å². The van der Waals surface area contributed by atoms with Gasteiger partial charge in [-0.1, -0.05) is 36.4 Å². The van der Waals surface area contributed by atoms with Crippen LogP contribution in [0.5, 0.6) is 0 Å². The van der Waals surface area contributed by atoms with E-state index in [1.165, 1.54) is 7.11 Å². The summed E-state index contributed by atoms with van der Waals surface area (Å²) >= 11 is 0. The van der Waals surface area contributed by atoms with Gasteiger partial charge in [-0.3, -0.25) is 9.69 Å². The number of methoxy groups -OCH3 is 1. The molecular formula is C20H19NO6. The van der Waals surface area contributed by atoms with Gasteiger partial charge in [0.05, 0.1) is 12.8 Å². The minimum Gasteiger partial charge on any atom is -0.481 e. The lowest BCUT2D eigenvalue weighted by molar-refractivity contribution is -0.139. The maximum atomic E-state index is 12.5. The fourth-order valence-electron chi connectivity index (χ4n) is 3.48. The predicted molar refractivity (Wildman–Crippen MR) is 97.9 cm³/mol. The van der Waals surface area contributed by atoms with Crippen molar-refractivity contribution in [2.75, 3.05) is 12.0 Å². The lowest BCUT2D eigenvalue weighted by Crippen LogP contribution is -2.46. The van der Waals surface area contributed by atoms with Crippen LogP contribution in [-0.4, -0.2) is 41.4 Å². The number of anilines is 1. The number of ether oxygens (including phenoxy) is 1. The van der Waals surface area contributed by atoms with Crippen LogP contribution >= 0.6 is 0 Å². The normalized spacial score (nSPS) is 12.6. The Balaban J connectivity index is 2.08. The van der Waals surface area contributed by atoms with E-state index in [9.17, 15) is 19.5 Å². The third kappa shape index (κ3) is 3.48. The fourth-order valence-corrected chi connectivity index (χ4v) is 3.48. The number of fused-ring (bicyclic) bond motifs is 3. The summed E-state index contributed by atoms with van der Waals surface area (Å²) in [6.07, 6.45) is -0.881. The molecule has 0 aliphatic heterocycles. The molecular weight excluding hydrogens is 350 g/mol. The number of amides is 1. The molecule has 2 aromatic rings. The van der Waals surface area contributed by atoms with E-state index in [1.807, 2.05) is 30.3 Å². The minimum atomic E-state index is -1.34. The largest absolute Gasteiger partial charge is 0.481 e. The Labute approximate surface area is 155 Å². The fraction of sp³-hybridized carbons (Fsp3) is 0.250. The molecule has 2 N–H and O–H groups in total. The van der Waals surface area contributed by atoms with Crippen LogP contribution in [0.15, 0.2) is 42.5 Å². The van der Waals surface area contributed by atoms with E-state index in [4.69, 9.17) is 9.84 Å². The van der Waals surface area contributed by atoms with Gasteiger partial charge in [-0.05, 0) is 34.7 Å². The number of carbonyl (C=O) groups is 3. The van der Waals surface area contributed by atoms with Crippen molar-refractivity contribution in [3.63, 3.8) is 0 Å². The van der Waals surface area contributed by atoms with Crippen LogP contribution < -0.4 is 4.90 Å². The molecule has 1 amide bonds. The molecule has 1 aliphatic rings. The molecule has 0 saturated heterocycles. The van der Waals surface area contributed by atoms with Gasteiger partial charge in [0.2, 0.25) is 0 Å². The number of hydrogen-bond acceptors (Lipinski definition) is 4. The van der Waals surface area contributed by atoms with Crippen molar-refractivity contribution in [3.05, 3.63) is 53.6 Å². The maximum absolute atomic E-state index is 12.5. The summed E-state index contributed by atoms with van der Waals surface area (Å²) in [7, 11) is 1.17. The summed E-state index contributed by atoms with van der Waals surface area (Å²) in [4.78, 5) is 36.3. The third-order valence-corrected chi connectivity index (χ3v) is 4.69. The van der Waals surface area contributed by atoms with Crippen molar-refractivity contribution in [2.24, 2.45) is 0 Å². The first-order valence-corrected chi connectivity index (χ1v) is 8.46. The van der Waals surface area contributed by atoms with E-state index in [-0.39, 0.29) is 12.8 Å². The lowest BCUT2D eigenvalue weighted by atomic mass is 10.0. The van der Waals surface area contributed by atoms with Gasteiger partial charge in [-0.2, -0.15) is 0 Å². The van der Waals surface area contributed by atoms with E-state index >= 15 is 0 Å². The van der Waals surface area contributed by atoms with Crippen LogP contribution in [0.2, 0.25) is 0 Å². The van der Waals surface area contributed by atoms with Crippen molar-refractivity contribution < 1.29 is 29.3 Å². The Morgan fingerprint density at radius 2 is 1.78 bits per heavy atom. The second kappa shape index (κ2) is 7.49. The Morgan fingerprint density at radius 3 is 2.44 bits per heavy atom. The average Bonchev–Trinajstić information content (AvgIpc) is 3.03. The highest BCUT2D eigenvalue weighted by molar-refractivity contribution is 5.98. The van der Waals surface area contributed by atoms with Crippen molar-refractivity contribution >= 4 is 23.7 Å². The highest BCUT2D eigenvalue weighted by Crippen LogP contribution is 2.42. The van der Waals surface area contributed by atoms with Crippen LogP contribution in [0.25, 0.3) is 11.1 Å². The van der Waals surface area contributed by atoms with E-state index in [0.717, 1.165) is 27.2 Å². The molecule has 2 aromatic carbocycles. The summed E-state index contributed by atoms with van der Waals surface area (Å²) in [6.45, 7) is 0. The molecule has 1 atom stereocenters. The molecule has 140 valence electrons. The zero-order valence-electron chi connectivity index (χ0n) is 14.7. The number of aliphatic carboxylic acids is 2. The van der Waals surface area contributed by atoms with Crippen LogP contribution in [-0.2, 0) is 20.7 Å². The van der Waals surface area contributed by atoms with Crippen LogP contribution in [0.3, 0.4) is 0 Å². The minimum absolute atomic E-state index is 0.226. The number of carboxylic acid groups (broad SMARTS) is 2. The molecule has 0 aromatic heterocycles. The monoisotopic (exact) mass is 369 g/mol. The van der Waals surface area contributed by atoms with Crippen LogP contribution in [0, 0.1) is 0 Å². The van der Waals surface area contributed by atoms with Crippen molar-refractivity contribution in [2.45, 2.75) is 25.3 Å². The Hall–Kier alpha value is -3.35. The quantitative estimate of drug-likeness (QED) is 0.692. The van der Waals surface area contributed by atoms with E-state index in [0.29, 0.717) is 12.1 Å². The molecule has 0 heterocycles. The van der Waals surface area contributed by atoms with Gasteiger partial charge in [0.1, 0.15) is 6.04 Å². The highest BCUT2D eigenvalue weighted by atomic mass is 16.5. The number of rotatable bonds is 6. The Morgan fingerprint density at radius 1 is 1.07 bits per heavy atom. The number of benzene rings is 2. The first kappa shape index (κ1) is 18.4. The van der Waals surface area contributed by atoms with Crippen molar-refractivity contribution in [3.8, 4) is 11.1 Å². The van der Waals surface area contributed by atoms with Gasteiger partial charge in [0.25, 0.3) is 0 Å². The summed E-state index contributed by atoms with van der Waals surface area (Å²) in [6, 6.07) is 11.8. The first-order chi connectivity index (χ1) is 12.9. The molecule has 1 unspecified atom stereocenters. The molecule has 27 heavy (non-hydrogen) atoms. The second-order valence-corrected chi connectivity index (χ2v) is 6.26. The van der Waals surface area contributed by atoms with Gasteiger partial charge in [0.15, 0.2) is 0 Å². The molecule has 0 saturated carbocycles. The molecule has 7 nitrogen and oxygen atoms in total. The third-order valence-electron chi connectivity index (χ3n) is 4.69. The molecule has 3 rings (SSSR count). The molecule has 0 bridgehead atoms. The average molecular weight is 369 g/mol. The SMILES string of the molecule is COC(=O)N(c1cccc2c1Cc1ccccc1-2)C(CCC(=O)O)C(=O)O. The molecule has 1 aliphatic carbocycles. The zero-order chi connectivity index (χ0) is 19.6. The van der Waals surface area contributed by atoms with Gasteiger partial charge < -0.3 is 14.9 Å². The van der Waals surface area contributed by atoms with Gasteiger partial charge in [0, 0.05) is 12.8 Å². The maximum Gasteiger partial charge on any atom is 0.414 e. The summed E-state index contributed by atoms with van der Waals surface area (Å²) in [5.41, 5.74) is 4.30. The molecule has 7 heteroatoms. The smallest absolute Gasteiger partial charge is 0.414 e. The van der Waals surface area contributed by atoms with Crippen LogP contribution in [0.1, 0.15) is 24.0 Å². The highest BCUT2D eigenvalue weighted by Gasteiger charge is 2.35. The molecule has 0 fully saturated rings. The van der Waals surface area contributed by atoms with Gasteiger partial charge in [-0.25, -0.2) is 9.59 Å². The van der Waals surface area contributed by atoms with Crippen molar-refractivity contribution in [1.29, 1.82) is 0 Å². The Bertz CT molecular complexity index is 907. The van der Waals surface area contributed by atoms with Crippen LogP contribution in [0.4, 0.5) is 10.5 Å².